The number of aryl methyl sites for hydroxylation is 4. The van der Waals surface area contributed by atoms with Crippen LogP contribution in [0.5, 0.6) is 0 Å². The zero-order valence-corrected chi connectivity index (χ0v) is 17.8. The average molecular weight is 375 g/mol. The van der Waals surface area contributed by atoms with Crippen LogP contribution in [-0.4, -0.2) is 6.15 Å². The summed E-state index contributed by atoms with van der Waals surface area (Å²) in [5, 5.41) is 0. The van der Waals surface area contributed by atoms with E-state index in [-0.39, 0.29) is 0 Å². The zero-order valence-electron chi connectivity index (χ0n) is 17.8. The van der Waals surface area contributed by atoms with Crippen LogP contribution in [-0.2, 0) is 0 Å². The molecule has 4 rings (SSSR count). The van der Waals surface area contributed by atoms with Crippen LogP contribution >= 0.6 is 0 Å². The van der Waals surface area contributed by atoms with E-state index < -0.39 is 6.15 Å². The molecule has 0 saturated carbocycles. The Balaban J connectivity index is 2.28. The van der Waals surface area contributed by atoms with Gasteiger partial charge in [-0.3, -0.25) is 0 Å². The number of benzene rings is 4. The van der Waals surface area contributed by atoms with Gasteiger partial charge in [0.1, 0.15) is 6.15 Å². The molecule has 0 radical (unpaired) electrons. The summed E-state index contributed by atoms with van der Waals surface area (Å²) in [6, 6.07) is 35.6. The average Bonchev–Trinajstić information content (AvgIpc) is 2.73. The van der Waals surface area contributed by atoms with Gasteiger partial charge in [0.05, 0.1) is 0 Å². The van der Waals surface area contributed by atoms with E-state index in [0.29, 0.717) is 0 Å². The Morgan fingerprint density at radius 1 is 0.379 bits per heavy atom. The molecule has 0 unspecified atom stereocenters. The second-order valence-corrected chi connectivity index (χ2v) is 8.30. The molecule has 0 aliphatic carbocycles. The van der Waals surface area contributed by atoms with Gasteiger partial charge in [-0.1, -0.05) is 119 Å². The molecule has 0 N–H and O–H groups in total. The SMILES string of the molecule is Cc1cccc(C)c1[B-](c1ccccc1)(c1ccccc1)c1c(C)cccc1C. The fourth-order valence-corrected chi connectivity index (χ4v) is 5.51. The van der Waals surface area contributed by atoms with Crippen molar-refractivity contribution in [3.05, 3.63) is 119 Å². The van der Waals surface area contributed by atoms with Gasteiger partial charge in [0.15, 0.2) is 0 Å². The smallest absolute Gasteiger partial charge is 0.109 e. The molecule has 0 aliphatic heterocycles. The predicted octanol–water partition coefficient (Wildman–Crippen LogP) is 4.30. The van der Waals surface area contributed by atoms with Gasteiger partial charge in [0.25, 0.3) is 0 Å². The Morgan fingerprint density at radius 3 is 1.00 bits per heavy atom. The van der Waals surface area contributed by atoms with Gasteiger partial charge < -0.3 is 0 Å². The van der Waals surface area contributed by atoms with Gasteiger partial charge in [-0.15, -0.1) is 0 Å². The standard InChI is InChI=1S/C28H28B/c1-21-13-11-14-22(2)27(21)29(25-17-7-5-8-18-25,26-19-9-6-10-20-26)28-23(3)15-12-16-24(28)4/h5-20H,1-4H3/q-1. The van der Waals surface area contributed by atoms with Crippen LogP contribution in [0.3, 0.4) is 0 Å². The molecule has 0 heterocycles. The summed E-state index contributed by atoms with van der Waals surface area (Å²) in [6.07, 6.45) is -1.32. The third-order valence-corrected chi connectivity index (χ3v) is 6.55. The fraction of sp³-hybridized carbons (Fsp3) is 0.143. The second kappa shape index (κ2) is 7.76. The first-order chi connectivity index (χ1) is 14.1. The van der Waals surface area contributed by atoms with Gasteiger partial charge in [-0.2, -0.15) is 21.9 Å². The molecule has 144 valence electrons. The quantitative estimate of drug-likeness (QED) is 0.467. The molecular formula is C28H28B-. The molecule has 1 heteroatoms. The first-order valence-corrected chi connectivity index (χ1v) is 10.5. The maximum Gasteiger partial charge on any atom is 0.109 e. The van der Waals surface area contributed by atoms with Crippen molar-refractivity contribution in [2.45, 2.75) is 27.7 Å². The Hall–Kier alpha value is -3.06. The van der Waals surface area contributed by atoms with Gasteiger partial charge in [0, 0.05) is 0 Å². The predicted molar refractivity (Wildman–Crippen MR) is 129 cm³/mol. The van der Waals surface area contributed by atoms with Crippen molar-refractivity contribution in [1.29, 1.82) is 0 Å². The van der Waals surface area contributed by atoms with E-state index in [0.717, 1.165) is 0 Å². The van der Waals surface area contributed by atoms with Crippen LogP contribution < -0.4 is 21.9 Å². The molecule has 0 aromatic heterocycles. The van der Waals surface area contributed by atoms with E-state index in [2.05, 4.69) is 125 Å². The van der Waals surface area contributed by atoms with Gasteiger partial charge in [-0.25, -0.2) is 0 Å². The summed E-state index contributed by atoms with van der Waals surface area (Å²) in [4.78, 5) is 0. The monoisotopic (exact) mass is 375 g/mol. The highest BCUT2D eigenvalue weighted by Gasteiger charge is 2.35. The molecule has 0 aliphatic rings. The summed E-state index contributed by atoms with van der Waals surface area (Å²) in [6.45, 7) is 9.05. The van der Waals surface area contributed by atoms with Crippen LogP contribution in [0.15, 0.2) is 97.1 Å². The van der Waals surface area contributed by atoms with Crippen molar-refractivity contribution in [2.24, 2.45) is 0 Å². The van der Waals surface area contributed by atoms with Crippen LogP contribution in [0.4, 0.5) is 0 Å². The lowest BCUT2D eigenvalue weighted by atomic mass is 9.11. The van der Waals surface area contributed by atoms with Crippen LogP contribution in [0.25, 0.3) is 0 Å². The fourth-order valence-electron chi connectivity index (χ4n) is 5.51. The normalized spacial score (nSPS) is 11.4. The van der Waals surface area contributed by atoms with Crippen molar-refractivity contribution in [3.63, 3.8) is 0 Å². The van der Waals surface area contributed by atoms with Gasteiger partial charge in [0.2, 0.25) is 0 Å². The van der Waals surface area contributed by atoms with Gasteiger partial charge >= 0.3 is 0 Å². The number of hydrogen-bond donors (Lipinski definition) is 0. The Labute approximate surface area is 175 Å². The van der Waals surface area contributed by atoms with Crippen molar-refractivity contribution < 1.29 is 0 Å². The number of hydrogen-bond acceptors (Lipinski definition) is 0. The minimum atomic E-state index is -1.32. The van der Waals surface area contributed by atoms with Crippen LogP contribution in [0.2, 0.25) is 0 Å². The lowest BCUT2D eigenvalue weighted by Crippen LogP contribution is -2.76. The maximum atomic E-state index is 2.31. The highest BCUT2D eigenvalue weighted by atomic mass is 14.2. The van der Waals surface area contributed by atoms with Crippen molar-refractivity contribution >= 4 is 28.0 Å². The lowest BCUT2D eigenvalue weighted by Gasteiger charge is -2.48. The number of rotatable bonds is 4. The molecule has 4 aromatic rings. The molecule has 0 fully saturated rings. The molecule has 0 saturated heterocycles. The summed E-state index contributed by atoms with van der Waals surface area (Å²) in [5.74, 6) is 0. The van der Waals surface area contributed by atoms with Gasteiger partial charge in [-0.05, 0) is 27.7 Å². The Bertz CT molecular complexity index is 994. The van der Waals surface area contributed by atoms with E-state index in [4.69, 9.17) is 0 Å². The summed E-state index contributed by atoms with van der Waals surface area (Å²) in [5.41, 5.74) is 11.0. The molecule has 4 aromatic carbocycles. The third-order valence-electron chi connectivity index (χ3n) is 6.55. The molecule has 0 spiro atoms. The summed E-state index contributed by atoms with van der Waals surface area (Å²) < 4.78 is 0. The van der Waals surface area contributed by atoms with E-state index in [1.54, 1.807) is 0 Å². The largest absolute Gasteiger partial charge is 0.195 e. The van der Waals surface area contributed by atoms with Crippen LogP contribution in [0, 0.1) is 27.7 Å². The van der Waals surface area contributed by atoms with E-state index in [9.17, 15) is 0 Å². The topological polar surface area (TPSA) is 0 Å². The lowest BCUT2D eigenvalue weighted by molar-refractivity contribution is 1.39. The van der Waals surface area contributed by atoms with E-state index in [1.807, 2.05) is 0 Å². The van der Waals surface area contributed by atoms with Crippen molar-refractivity contribution in [3.8, 4) is 0 Å². The summed E-state index contributed by atoms with van der Waals surface area (Å²) >= 11 is 0. The highest BCUT2D eigenvalue weighted by molar-refractivity contribution is 7.20. The molecule has 29 heavy (non-hydrogen) atoms. The Kier molecular flexibility index (Phi) is 5.15. The van der Waals surface area contributed by atoms with Crippen molar-refractivity contribution in [2.75, 3.05) is 0 Å². The van der Waals surface area contributed by atoms with Crippen LogP contribution in [0.1, 0.15) is 22.3 Å². The molecule has 0 atom stereocenters. The first kappa shape index (κ1) is 19.3. The third kappa shape index (κ3) is 3.11. The first-order valence-electron chi connectivity index (χ1n) is 10.5. The van der Waals surface area contributed by atoms with E-state index >= 15 is 0 Å². The second-order valence-electron chi connectivity index (χ2n) is 8.30. The zero-order chi connectivity index (χ0) is 20.4. The molecular weight excluding hydrogens is 347 g/mol. The maximum absolute atomic E-state index is 2.31. The van der Waals surface area contributed by atoms with E-state index in [1.165, 1.54) is 44.1 Å². The highest BCUT2D eigenvalue weighted by Crippen LogP contribution is 2.17. The van der Waals surface area contributed by atoms with Crippen molar-refractivity contribution in [1.82, 2.24) is 0 Å². The molecule has 0 amide bonds. The Morgan fingerprint density at radius 2 is 0.690 bits per heavy atom. The minimum absolute atomic E-state index is 1.32. The summed E-state index contributed by atoms with van der Waals surface area (Å²) in [7, 11) is 0. The molecule has 0 bridgehead atoms. The minimum Gasteiger partial charge on any atom is -0.195 e. The molecule has 0 nitrogen and oxygen atoms in total.